The monoisotopic (exact) mass is 333 g/mol. The van der Waals surface area contributed by atoms with Crippen LogP contribution in [-0.4, -0.2) is 34.2 Å². The molecule has 2 aromatic heterocycles. The molecular weight excluding hydrogens is 314 g/mol. The van der Waals surface area contributed by atoms with Crippen LogP contribution in [0.1, 0.15) is 23.2 Å². The van der Waals surface area contributed by atoms with Crippen molar-refractivity contribution in [2.75, 3.05) is 23.3 Å². The molecule has 1 fully saturated rings. The van der Waals surface area contributed by atoms with Crippen LogP contribution in [0, 0.1) is 0 Å². The molecule has 6 nitrogen and oxygen atoms in total. The molecule has 1 amide bonds. The van der Waals surface area contributed by atoms with E-state index in [2.05, 4.69) is 25.4 Å². The van der Waals surface area contributed by atoms with E-state index in [0.29, 0.717) is 5.56 Å². The summed E-state index contributed by atoms with van der Waals surface area (Å²) >= 11 is 0. The van der Waals surface area contributed by atoms with Gasteiger partial charge in [-0.25, -0.2) is 4.98 Å². The zero-order valence-electron chi connectivity index (χ0n) is 13.8. The fourth-order valence-electron chi connectivity index (χ4n) is 3.09. The van der Waals surface area contributed by atoms with Crippen molar-refractivity contribution in [1.82, 2.24) is 15.2 Å². The molecule has 0 saturated carbocycles. The van der Waals surface area contributed by atoms with E-state index < -0.39 is 0 Å². The fraction of sp³-hybridized carbons (Fsp3) is 0.211. The minimum absolute atomic E-state index is 0.174. The Morgan fingerprint density at radius 3 is 2.64 bits per heavy atom. The van der Waals surface area contributed by atoms with Crippen LogP contribution in [0.3, 0.4) is 0 Å². The summed E-state index contributed by atoms with van der Waals surface area (Å²) < 4.78 is 0. The average molecular weight is 333 g/mol. The van der Waals surface area contributed by atoms with Gasteiger partial charge in [0, 0.05) is 36.7 Å². The molecule has 0 bridgehead atoms. The van der Waals surface area contributed by atoms with Gasteiger partial charge in [-0.15, -0.1) is 0 Å². The number of nitrogens with zero attached hydrogens (tertiary/aromatic N) is 3. The first-order chi connectivity index (χ1) is 12.3. The largest absolute Gasteiger partial charge is 0.356 e. The van der Waals surface area contributed by atoms with Crippen molar-refractivity contribution in [3.05, 3.63) is 60.4 Å². The van der Waals surface area contributed by atoms with Crippen molar-refractivity contribution in [2.24, 2.45) is 0 Å². The molecule has 3 heterocycles. The van der Waals surface area contributed by atoms with Gasteiger partial charge in [0.1, 0.15) is 5.82 Å². The minimum atomic E-state index is -0.174. The van der Waals surface area contributed by atoms with Gasteiger partial charge in [-0.3, -0.25) is 9.89 Å². The van der Waals surface area contributed by atoms with Crippen molar-refractivity contribution in [3.63, 3.8) is 0 Å². The topological polar surface area (TPSA) is 73.9 Å². The van der Waals surface area contributed by atoms with Crippen LogP contribution in [-0.2, 0) is 0 Å². The molecule has 0 spiro atoms. The molecule has 0 radical (unpaired) electrons. The van der Waals surface area contributed by atoms with Gasteiger partial charge in [0.05, 0.1) is 11.3 Å². The molecule has 2 N–H and O–H groups in total. The predicted molar refractivity (Wildman–Crippen MR) is 97.7 cm³/mol. The van der Waals surface area contributed by atoms with E-state index in [1.807, 2.05) is 42.5 Å². The molecule has 126 valence electrons. The lowest BCUT2D eigenvalue weighted by Gasteiger charge is -2.20. The number of H-pyrrole nitrogens is 1. The average Bonchev–Trinajstić information content (AvgIpc) is 3.36. The van der Waals surface area contributed by atoms with Crippen LogP contribution >= 0.6 is 0 Å². The highest BCUT2D eigenvalue weighted by atomic mass is 16.1. The molecular formula is C19H19N5O. The van der Waals surface area contributed by atoms with Crippen LogP contribution in [0.25, 0.3) is 11.3 Å². The third-order valence-corrected chi connectivity index (χ3v) is 4.36. The standard InChI is InChI=1S/C19H19N5O/c25-19(22-15-6-2-1-3-7-15)14-12-16(17-8-9-21-23-17)18(20-13-14)24-10-4-5-11-24/h1-3,6-9,12-13H,4-5,10-11H2,(H,21,23)(H,22,25). The van der Waals surface area contributed by atoms with Gasteiger partial charge in [-0.1, -0.05) is 18.2 Å². The van der Waals surface area contributed by atoms with E-state index >= 15 is 0 Å². The summed E-state index contributed by atoms with van der Waals surface area (Å²) in [6.45, 7) is 1.98. The normalized spacial score (nSPS) is 13.8. The zero-order chi connectivity index (χ0) is 17.1. The second-order valence-corrected chi connectivity index (χ2v) is 6.08. The molecule has 4 rings (SSSR count). The lowest BCUT2D eigenvalue weighted by atomic mass is 10.1. The number of nitrogens with one attached hydrogen (secondary N) is 2. The number of hydrogen-bond acceptors (Lipinski definition) is 4. The predicted octanol–water partition coefficient (Wildman–Crippen LogP) is 3.32. The maximum absolute atomic E-state index is 12.6. The molecule has 25 heavy (non-hydrogen) atoms. The summed E-state index contributed by atoms with van der Waals surface area (Å²) in [5, 5.41) is 9.92. The van der Waals surface area contributed by atoms with E-state index in [4.69, 9.17) is 0 Å². The van der Waals surface area contributed by atoms with E-state index in [9.17, 15) is 4.79 Å². The molecule has 6 heteroatoms. The molecule has 0 atom stereocenters. The second-order valence-electron chi connectivity index (χ2n) is 6.08. The quantitative estimate of drug-likeness (QED) is 0.768. The number of para-hydroxylation sites is 1. The summed E-state index contributed by atoms with van der Waals surface area (Å²) in [7, 11) is 0. The van der Waals surface area contributed by atoms with Crippen LogP contribution < -0.4 is 10.2 Å². The summed E-state index contributed by atoms with van der Waals surface area (Å²) in [5.74, 6) is 0.727. The van der Waals surface area contributed by atoms with E-state index in [1.54, 1.807) is 12.4 Å². The highest BCUT2D eigenvalue weighted by Gasteiger charge is 2.20. The number of aromatic amines is 1. The summed E-state index contributed by atoms with van der Waals surface area (Å²) in [5.41, 5.74) is 3.06. The van der Waals surface area contributed by atoms with E-state index in [1.165, 1.54) is 12.8 Å². The van der Waals surface area contributed by atoms with Crippen molar-refractivity contribution in [2.45, 2.75) is 12.8 Å². The third-order valence-electron chi connectivity index (χ3n) is 4.36. The maximum atomic E-state index is 12.6. The Labute approximate surface area is 145 Å². The van der Waals surface area contributed by atoms with Gasteiger partial charge in [0.25, 0.3) is 5.91 Å². The van der Waals surface area contributed by atoms with Gasteiger partial charge in [-0.2, -0.15) is 5.10 Å². The summed E-state index contributed by atoms with van der Waals surface area (Å²) in [6.07, 6.45) is 5.69. The van der Waals surface area contributed by atoms with Crippen molar-refractivity contribution >= 4 is 17.4 Å². The van der Waals surface area contributed by atoms with E-state index in [-0.39, 0.29) is 5.91 Å². The Kier molecular flexibility index (Phi) is 4.16. The van der Waals surface area contributed by atoms with Crippen molar-refractivity contribution < 1.29 is 4.79 Å². The Morgan fingerprint density at radius 2 is 1.92 bits per heavy atom. The van der Waals surface area contributed by atoms with Gasteiger partial charge in [0.15, 0.2) is 0 Å². The summed E-state index contributed by atoms with van der Waals surface area (Å²) in [4.78, 5) is 19.4. The van der Waals surface area contributed by atoms with Gasteiger partial charge in [-0.05, 0) is 37.1 Å². The molecule has 0 aliphatic carbocycles. The smallest absolute Gasteiger partial charge is 0.257 e. The SMILES string of the molecule is O=C(Nc1ccccc1)c1cnc(N2CCCC2)c(-c2ccn[nH]2)c1. The minimum Gasteiger partial charge on any atom is -0.356 e. The van der Waals surface area contributed by atoms with Crippen LogP contribution in [0.2, 0.25) is 0 Å². The molecule has 1 saturated heterocycles. The van der Waals surface area contributed by atoms with Gasteiger partial charge >= 0.3 is 0 Å². The third kappa shape index (κ3) is 3.24. The first kappa shape index (κ1) is 15.4. The highest BCUT2D eigenvalue weighted by Crippen LogP contribution is 2.30. The number of carbonyl (C=O) groups is 1. The van der Waals surface area contributed by atoms with Gasteiger partial charge < -0.3 is 10.2 Å². The summed E-state index contributed by atoms with van der Waals surface area (Å²) in [6, 6.07) is 13.2. The molecule has 1 aliphatic heterocycles. The number of anilines is 2. The Morgan fingerprint density at radius 1 is 1.12 bits per heavy atom. The highest BCUT2D eigenvalue weighted by molar-refractivity contribution is 6.05. The zero-order valence-corrected chi connectivity index (χ0v) is 13.8. The van der Waals surface area contributed by atoms with Crippen LogP contribution in [0.15, 0.2) is 54.9 Å². The van der Waals surface area contributed by atoms with Crippen molar-refractivity contribution in [3.8, 4) is 11.3 Å². The second kappa shape index (κ2) is 6.76. The number of pyridine rings is 1. The van der Waals surface area contributed by atoms with E-state index in [0.717, 1.165) is 35.9 Å². The fourth-order valence-corrected chi connectivity index (χ4v) is 3.09. The maximum Gasteiger partial charge on any atom is 0.257 e. The number of rotatable bonds is 4. The van der Waals surface area contributed by atoms with Gasteiger partial charge in [0.2, 0.25) is 0 Å². The first-order valence-electron chi connectivity index (χ1n) is 8.42. The molecule has 3 aromatic rings. The number of hydrogen-bond donors (Lipinski definition) is 2. The first-order valence-corrected chi connectivity index (χ1v) is 8.42. The Balaban J connectivity index is 1.67. The lowest BCUT2D eigenvalue weighted by Crippen LogP contribution is -2.21. The molecule has 1 aliphatic rings. The number of benzene rings is 1. The Hall–Kier alpha value is -3.15. The lowest BCUT2D eigenvalue weighted by molar-refractivity contribution is 0.102. The number of amides is 1. The van der Waals surface area contributed by atoms with Crippen LogP contribution in [0.5, 0.6) is 0 Å². The Bertz CT molecular complexity index is 855. The van der Waals surface area contributed by atoms with Crippen molar-refractivity contribution in [1.29, 1.82) is 0 Å². The number of aromatic nitrogens is 3. The van der Waals surface area contributed by atoms with Crippen LogP contribution in [0.4, 0.5) is 11.5 Å². The number of carbonyl (C=O) groups excluding carboxylic acids is 1. The molecule has 0 unspecified atom stereocenters. The molecule has 1 aromatic carbocycles.